The van der Waals surface area contributed by atoms with Crippen molar-refractivity contribution in [2.75, 3.05) is 7.11 Å². The normalized spacial score (nSPS) is 13.7. The van der Waals surface area contributed by atoms with Crippen LogP contribution in [0.4, 0.5) is 0 Å². The summed E-state index contributed by atoms with van der Waals surface area (Å²) >= 11 is 0. The lowest BCUT2D eigenvalue weighted by molar-refractivity contribution is 0.399. The minimum absolute atomic E-state index is 0.278. The molecule has 3 heteroatoms. The second-order valence-electron chi connectivity index (χ2n) is 4.55. The van der Waals surface area contributed by atoms with Gasteiger partial charge in [-0.05, 0) is 31.4 Å². The molecule has 18 heavy (non-hydrogen) atoms. The van der Waals surface area contributed by atoms with Gasteiger partial charge >= 0.3 is 0 Å². The fraction of sp³-hybridized carbons (Fsp3) is 0.533. The van der Waals surface area contributed by atoms with E-state index in [-0.39, 0.29) is 6.04 Å². The lowest BCUT2D eigenvalue weighted by Gasteiger charge is -2.21. The Labute approximate surface area is 110 Å². The second-order valence-corrected chi connectivity index (χ2v) is 4.55. The van der Waals surface area contributed by atoms with Gasteiger partial charge in [-0.15, -0.1) is 0 Å². The molecule has 98 valence electrons. The fourth-order valence-corrected chi connectivity index (χ4v) is 2.09. The third kappa shape index (κ3) is 4.38. The van der Waals surface area contributed by atoms with E-state index in [4.69, 9.17) is 10.00 Å². The summed E-state index contributed by atoms with van der Waals surface area (Å²) in [5, 5.41) is 12.2. The SMILES string of the molecule is CCC(CC#N)NC(C)Cc1ccccc1OC. The third-order valence-corrected chi connectivity index (χ3v) is 3.07. The van der Waals surface area contributed by atoms with Crippen LogP contribution in [0, 0.1) is 11.3 Å². The summed E-state index contributed by atoms with van der Waals surface area (Å²) in [6.45, 7) is 4.25. The average molecular weight is 246 g/mol. The van der Waals surface area contributed by atoms with E-state index in [0.717, 1.165) is 18.6 Å². The Balaban J connectivity index is 2.58. The molecule has 1 aromatic rings. The zero-order valence-electron chi connectivity index (χ0n) is 11.4. The lowest BCUT2D eigenvalue weighted by atomic mass is 10.0. The van der Waals surface area contributed by atoms with Gasteiger partial charge in [-0.25, -0.2) is 0 Å². The van der Waals surface area contributed by atoms with Crippen LogP contribution < -0.4 is 10.1 Å². The molecule has 0 fully saturated rings. The number of nitrogens with one attached hydrogen (secondary N) is 1. The molecule has 1 N–H and O–H groups in total. The molecule has 3 nitrogen and oxygen atoms in total. The van der Waals surface area contributed by atoms with E-state index in [1.165, 1.54) is 5.56 Å². The highest BCUT2D eigenvalue weighted by atomic mass is 16.5. The summed E-state index contributed by atoms with van der Waals surface area (Å²) in [4.78, 5) is 0. The van der Waals surface area contributed by atoms with Gasteiger partial charge in [-0.2, -0.15) is 5.26 Å². The van der Waals surface area contributed by atoms with Crippen LogP contribution in [0.3, 0.4) is 0 Å². The largest absolute Gasteiger partial charge is 0.496 e. The quantitative estimate of drug-likeness (QED) is 0.804. The Morgan fingerprint density at radius 1 is 1.39 bits per heavy atom. The Morgan fingerprint density at radius 2 is 2.11 bits per heavy atom. The molecule has 0 heterocycles. The molecule has 0 aliphatic rings. The van der Waals surface area contributed by atoms with Crippen molar-refractivity contribution in [2.45, 2.75) is 45.2 Å². The minimum Gasteiger partial charge on any atom is -0.496 e. The van der Waals surface area contributed by atoms with Gasteiger partial charge in [-0.3, -0.25) is 0 Å². The molecule has 1 aromatic carbocycles. The van der Waals surface area contributed by atoms with Crippen molar-refractivity contribution in [3.8, 4) is 11.8 Å². The molecule has 0 radical (unpaired) electrons. The number of hydrogen-bond acceptors (Lipinski definition) is 3. The van der Waals surface area contributed by atoms with E-state index in [1.54, 1.807) is 7.11 Å². The van der Waals surface area contributed by atoms with E-state index in [0.29, 0.717) is 12.5 Å². The molecule has 0 aliphatic heterocycles. The van der Waals surface area contributed by atoms with Crippen LogP contribution in [0.5, 0.6) is 5.75 Å². The van der Waals surface area contributed by atoms with Gasteiger partial charge in [-0.1, -0.05) is 25.1 Å². The first-order valence-electron chi connectivity index (χ1n) is 6.46. The molecule has 0 amide bonds. The third-order valence-electron chi connectivity index (χ3n) is 3.07. The number of rotatable bonds is 7. The minimum atomic E-state index is 0.278. The molecule has 0 aliphatic carbocycles. The van der Waals surface area contributed by atoms with Crippen molar-refractivity contribution in [1.29, 1.82) is 5.26 Å². The van der Waals surface area contributed by atoms with E-state index in [1.807, 2.05) is 18.2 Å². The average Bonchev–Trinajstić information content (AvgIpc) is 2.38. The van der Waals surface area contributed by atoms with Gasteiger partial charge in [0.05, 0.1) is 19.6 Å². The first-order valence-corrected chi connectivity index (χ1v) is 6.46. The second kappa shape index (κ2) is 7.73. The maximum absolute atomic E-state index is 8.74. The highest BCUT2D eigenvalue weighted by Crippen LogP contribution is 2.19. The van der Waals surface area contributed by atoms with Gasteiger partial charge in [0, 0.05) is 12.1 Å². The van der Waals surface area contributed by atoms with Gasteiger partial charge in [0.1, 0.15) is 5.75 Å². The number of para-hydroxylation sites is 1. The topological polar surface area (TPSA) is 45.0 Å². The predicted octanol–water partition coefficient (Wildman–Crippen LogP) is 2.91. The van der Waals surface area contributed by atoms with Crippen LogP contribution >= 0.6 is 0 Å². The monoisotopic (exact) mass is 246 g/mol. The molecule has 0 saturated heterocycles. The number of hydrogen-bond donors (Lipinski definition) is 1. The van der Waals surface area contributed by atoms with Crippen molar-refractivity contribution in [3.05, 3.63) is 29.8 Å². The maximum Gasteiger partial charge on any atom is 0.122 e. The molecule has 0 spiro atoms. The highest BCUT2D eigenvalue weighted by molar-refractivity contribution is 5.33. The summed E-state index contributed by atoms with van der Waals surface area (Å²) in [6, 6.07) is 10.9. The van der Waals surface area contributed by atoms with E-state index >= 15 is 0 Å². The zero-order chi connectivity index (χ0) is 13.4. The Hall–Kier alpha value is -1.53. The molecule has 2 atom stereocenters. The number of methoxy groups -OCH3 is 1. The van der Waals surface area contributed by atoms with Crippen LogP contribution in [-0.4, -0.2) is 19.2 Å². The standard InChI is InChI=1S/C15H22N2O/c1-4-14(9-10-16)17-12(2)11-13-7-5-6-8-15(13)18-3/h5-8,12,14,17H,4,9,11H2,1-3H3. The van der Waals surface area contributed by atoms with Gasteiger partial charge in [0.25, 0.3) is 0 Å². The van der Waals surface area contributed by atoms with Gasteiger partial charge in [0.15, 0.2) is 0 Å². The Morgan fingerprint density at radius 3 is 2.72 bits per heavy atom. The predicted molar refractivity (Wildman–Crippen MR) is 73.6 cm³/mol. The first-order chi connectivity index (χ1) is 8.71. The van der Waals surface area contributed by atoms with Crippen LogP contribution in [0.25, 0.3) is 0 Å². The summed E-state index contributed by atoms with van der Waals surface area (Å²) < 4.78 is 5.34. The van der Waals surface area contributed by atoms with E-state index < -0.39 is 0 Å². The van der Waals surface area contributed by atoms with E-state index in [2.05, 4.69) is 31.3 Å². The molecule has 0 saturated carbocycles. The smallest absolute Gasteiger partial charge is 0.122 e. The van der Waals surface area contributed by atoms with E-state index in [9.17, 15) is 0 Å². The number of benzene rings is 1. The Bertz CT molecular complexity index is 398. The summed E-state index contributed by atoms with van der Waals surface area (Å²) in [7, 11) is 1.70. The highest BCUT2D eigenvalue weighted by Gasteiger charge is 2.12. The van der Waals surface area contributed by atoms with Gasteiger partial charge < -0.3 is 10.1 Å². The van der Waals surface area contributed by atoms with Crippen molar-refractivity contribution < 1.29 is 4.74 Å². The molecular weight excluding hydrogens is 224 g/mol. The van der Waals surface area contributed by atoms with Gasteiger partial charge in [0.2, 0.25) is 0 Å². The van der Waals surface area contributed by atoms with Crippen LogP contribution in [0.1, 0.15) is 32.3 Å². The molecule has 0 bridgehead atoms. The summed E-state index contributed by atoms with van der Waals surface area (Å²) in [5.74, 6) is 0.930. The van der Waals surface area contributed by atoms with Crippen molar-refractivity contribution in [3.63, 3.8) is 0 Å². The Kier molecular flexibility index (Phi) is 6.24. The maximum atomic E-state index is 8.74. The van der Waals surface area contributed by atoms with Crippen molar-refractivity contribution in [2.24, 2.45) is 0 Å². The molecule has 0 aromatic heterocycles. The summed E-state index contributed by atoms with van der Waals surface area (Å²) in [5.41, 5.74) is 1.20. The van der Waals surface area contributed by atoms with Crippen LogP contribution in [0.15, 0.2) is 24.3 Å². The van der Waals surface area contributed by atoms with Crippen molar-refractivity contribution in [1.82, 2.24) is 5.32 Å². The molecule has 2 unspecified atom stereocenters. The molecular formula is C15H22N2O. The van der Waals surface area contributed by atoms with Crippen LogP contribution in [0.2, 0.25) is 0 Å². The first kappa shape index (κ1) is 14.5. The van der Waals surface area contributed by atoms with Crippen molar-refractivity contribution >= 4 is 0 Å². The fourth-order valence-electron chi connectivity index (χ4n) is 2.09. The lowest BCUT2D eigenvalue weighted by Crippen LogP contribution is -2.37. The molecule has 1 rings (SSSR count). The summed E-state index contributed by atoms with van der Waals surface area (Å²) in [6.07, 6.45) is 2.45. The number of nitriles is 1. The number of nitrogens with zero attached hydrogens (tertiary/aromatic N) is 1. The van der Waals surface area contributed by atoms with Crippen LogP contribution in [-0.2, 0) is 6.42 Å². The zero-order valence-corrected chi connectivity index (χ0v) is 11.4. The number of ether oxygens (including phenoxy) is 1.